The van der Waals surface area contributed by atoms with Crippen molar-refractivity contribution >= 4 is 25.8 Å². The van der Waals surface area contributed by atoms with E-state index in [1.165, 1.54) is 6.92 Å². The van der Waals surface area contributed by atoms with Crippen LogP contribution in [-0.2, 0) is 19.6 Å². The second kappa shape index (κ2) is 3.89. The summed E-state index contributed by atoms with van der Waals surface area (Å²) in [7, 11) is 0.784. The Kier molecular flexibility index (Phi) is 2.86. The summed E-state index contributed by atoms with van der Waals surface area (Å²) in [6.07, 6.45) is -0.251. The highest BCUT2D eigenvalue weighted by molar-refractivity contribution is 8.12. The van der Waals surface area contributed by atoms with Gasteiger partial charge in [0.2, 0.25) is 5.91 Å². The van der Waals surface area contributed by atoms with E-state index in [-0.39, 0.29) is 12.0 Å². The van der Waals surface area contributed by atoms with Crippen molar-refractivity contribution in [2.24, 2.45) is 0 Å². The zero-order valence-corrected chi connectivity index (χ0v) is 10.7. The summed E-state index contributed by atoms with van der Waals surface area (Å²) in [5.74, 6) is -2.27. The number of β-lactam (4-membered cyclic amide) rings is 1. The molecule has 0 bridgehead atoms. The summed E-state index contributed by atoms with van der Waals surface area (Å²) in [6.45, 7) is 1.31. The van der Waals surface area contributed by atoms with Crippen LogP contribution in [0.5, 0.6) is 0 Å². The van der Waals surface area contributed by atoms with E-state index >= 15 is 0 Å². The van der Waals surface area contributed by atoms with Gasteiger partial charge in [0.05, 0.1) is 12.0 Å². The molecule has 1 aliphatic heterocycles. The average Bonchev–Trinajstić information content (AvgIpc) is 2.17. The molecule has 0 spiro atoms. The smallest absolute Gasteiger partial charge is 0.274 e. The lowest BCUT2D eigenvalue weighted by Crippen LogP contribution is -2.60. The maximum atomic E-state index is 13.6. The fourth-order valence-electron chi connectivity index (χ4n) is 2.10. The predicted octanol–water partition coefficient (Wildman–Crippen LogP) is 1.90. The number of amides is 1. The molecule has 0 aliphatic carbocycles. The molecule has 0 saturated carbocycles. The van der Waals surface area contributed by atoms with Crippen molar-refractivity contribution in [3.8, 4) is 0 Å². The van der Waals surface area contributed by atoms with E-state index < -0.39 is 32.3 Å². The number of hydrogen-bond acceptors (Lipinski definition) is 3. The van der Waals surface area contributed by atoms with Crippen LogP contribution in [0.2, 0.25) is 0 Å². The number of hydrogen-bond donors (Lipinski definition) is 0. The third-order valence-electron chi connectivity index (χ3n) is 2.90. The highest BCUT2D eigenvalue weighted by Gasteiger charge is 2.55. The number of carbonyl (C=O) groups excluding carboxylic acids is 1. The van der Waals surface area contributed by atoms with Crippen molar-refractivity contribution in [3.05, 3.63) is 35.4 Å². The molecule has 98 valence electrons. The zero-order valence-electron chi connectivity index (χ0n) is 9.15. The van der Waals surface area contributed by atoms with Gasteiger partial charge in [-0.3, -0.25) is 4.79 Å². The summed E-state index contributed by atoms with van der Waals surface area (Å²) < 4.78 is 49.6. The highest BCUT2D eigenvalue weighted by atomic mass is 35.7. The first-order valence-corrected chi connectivity index (χ1v) is 7.16. The van der Waals surface area contributed by atoms with Crippen LogP contribution in [0.15, 0.2) is 18.2 Å². The van der Waals surface area contributed by atoms with E-state index in [0.29, 0.717) is 4.31 Å². The zero-order chi connectivity index (χ0) is 13.7. The molecule has 1 aromatic carbocycles. The first kappa shape index (κ1) is 13.2. The van der Waals surface area contributed by atoms with E-state index in [1.807, 2.05) is 0 Å². The maximum absolute atomic E-state index is 13.6. The molecule has 18 heavy (non-hydrogen) atoms. The van der Waals surface area contributed by atoms with Crippen LogP contribution in [0.25, 0.3) is 0 Å². The van der Waals surface area contributed by atoms with Crippen LogP contribution < -0.4 is 0 Å². The van der Waals surface area contributed by atoms with Crippen LogP contribution in [0.3, 0.4) is 0 Å². The Morgan fingerprint density at radius 1 is 1.39 bits per heavy atom. The van der Waals surface area contributed by atoms with Gasteiger partial charge in [0.25, 0.3) is 0 Å². The molecular weight excluding hydrogens is 288 g/mol. The third-order valence-corrected chi connectivity index (χ3v) is 4.35. The van der Waals surface area contributed by atoms with Crippen molar-refractivity contribution in [3.63, 3.8) is 0 Å². The first-order chi connectivity index (χ1) is 8.16. The van der Waals surface area contributed by atoms with E-state index in [0.717, 1.165) is 18.2 Å². The van der Waals surface area contributed by atoms with E-state index in [4.69, 9.17) is 10.7 Å². The minimum Gasteiger partial charge on any atom is -0.274 e. The van der Waals surface area contributed by atoms with Crippen molar-refractivity contribution in [2.45, 2.75) is 18.9 Å². The Balaban J connectivity index is 2.56. The van der Waals surface area contributed by atoms with Crippen LogP contribution in [0, 0.1) is 11.6 Å². The van der Waals surface area contributed by atoms with Gasteiger partial charge in [-0.15, -0.1) is 0 Å². The van der Waals surface area contributed by atoms with E-state index in [9.17, 15) is 22.0 Å². The standard InChI is InChI=1S/C10H8ClF2NO3S/c1-10(5-9(15)14(10)18(11,16)17)7-4-6(12)2-3-8(7)13/h2-4H,5H2,1H3. The molecule has 1 aliphatic rings. The Bertz CT molecular complexity index is 634. The second-order valence-corrected chi connectivity index (χ2v) is 6.53. The molecule has 1 amide bonds. The summed E-state index contributed by atoms with van der Waals surface area (Å²) in [6, 6.07) is 2.64. The molecule has 0 aromatic heterocycles. The van der Waals surface area contributed by atoms with Crippen LogP contribution >= 0.6 is 10.7 Å². The Hall–Kier alpha value is -1.21. The Morgan fingerprint density at radius 2 is 2.00 bits per heavy atom. The van der Waals surface area contributed by atoms with Gasteiger partial charge in [0.1, 0.15) is 11.6 Å². The molecule has 0 N–H and O–H groups in total. The molecule has 1 aromatic rings. The molecule has 2 rings (SSSR count). The van der Waals surface area contributed by atoms with Crippen molar-refractivity contribution in [1.29, 1.82) is 0 Å². The van der Waals surface area contributed by atoms with Crippen molar-refractivity contribution in [2.75, 3.05) is 0 Å². The monoisotopic (exact) mass is 295 g/mol. The van der Waals surface area contributed by atoms with Crippen LogP contribution in [-0.4, -0.2) is 18.6 Å². The molecule has 4 nitrogen and oxygen atoms in total. The molecule has 1 fully saturated rings. The summed E-state index contributed by atoms with van der Waals surface area (Å²) in [5.41, 5.74) is -1.70. The molecule has 0 radical (unpaired) electrons. The predicted molar refractivity (Wildman–Crippen MR) is 59.9 cm³/mol. The van der Waals surface area contributed by atoms with Crippen LogP contribution in [0.1, 0.15) is 18.9 Å². The number of carbonyl (C=O) groups is 1. The number of rotatable bonds is 2. The number of nitrogens with zero attached hydrogens (tertiary/aromatic N) is 1. The second-order valence-electron chi connectivity index (χ2n) is 4.18. The minimum atomic E-state index is -4.33. The minimum absolute atomic E-state index is 0.216. The molecule has 1 atom stereocenters. The topological polar surface area (TPSA) is 54.5 Å². The average molecular weight is 296 g/mol. The van der Waals surface area contributed by atoms with Gasteiger partial charge < -0.3 is 0 Å². The van der Waals surface area contributed by atoms with Gasteiger partial charge in [-0.25, -0.2) is 13.1 Å². The summed E-state index contributed by atoms with van der Waals surface area (Å²) in [4.78, 5) is 11.3. The summed E-state index contributed by atoms with van der Waals surface area (Å²) >= 11 is 0. The molecular formula is C10H8ClF2NO3S. The SMILES string of the molecule is CC1(c2cc(F)ccc2F)CC(=O)N1S(=O)(=O)Cl. The normalized spacial score (nSPS) is 24.0. The van der Waals surface area contributed by atoms with Crippen molar-refractivity contribution < 1.29 is 22.0 Å². The lowest BCUT2D eigenvalue weighted by Gasteiger charge is -2.47. The lowest BCUT2D eigenvalue weighted by molar-refractivity contribution is -0.144. The van der Waals surface area contributed by atoms with E-state index in [1.54, 1.807) is 0 Å². The van der Waals surface area contributed by atoms with Crippen LogP contribution in [0.4, 0.5) is 8.78 Å². The van der Waals surface area contributed by atoms with Gasteiger partial charge in [-0.1, -0.05) is 0 Å². The van der Waals surface area contributed by atoms with Crippen molar-refractivity contribution in [1.82, 2.24) is 4.31 Å². The van der Waals surface area contributed by atoms with Gasteiger partial charge in [0, 0.05) is 16.2 Å². The Labute approximate surface area is 107 Å². The summed E-state index contributed by atoms with van der Waals surface area (Å²) in [5, 5.41) is 0. The number of benzene rings is 1. The van der Waals surface area contributed by atoms with E-state index in [2.05, 4.69) is 0 Å². The Morgan fingerprint density at radius 3 is 2.50 bits per heavy atom. The van der Waals surface area contributed by atoms with Gasteiger partial charge in [-0.05, 0) is 25.1 Å². The maximum Gasteiger partial charge on any atom is 0.324 e. The molecule has 1 saturated heterocycles. The lowest BCUT2D eigenvalue weighted by atomic mass is 9.81. The number of halogens is 3. The highest BCUT2D eigenvalue weighted by Crippen LogP contribution is 2.45. The van der Waals surface area contributed by atoms with Gasteiger partial charge in [-0.2, -0.15) is 8.42 Å². The molecule has 8 heteroatoms. The first-order valence-electron chi connectivity index (χ1n) is 4.89. The molecule has 1 heterocycles. The largest absolute Gasteiger partial charge is 0.324 e. The molecule has 1 unspecified atom stereocenters. The fourth-order valence-corrected chi connectivity index (χ4v) is 3.74. The van der Waals surface area contributed by atoms with Gasteiger partial charge >= 0.3 is 9.24 Å². The fraction of sp³-hybridized carbons (Fsp3) is 0.300. The van der Waals surface area contributed by atoms with Gasteiger partial charge in [0.15, 0.2) is 0 Å². The quantitative estimate of drug-likeness (QED) is 0.618. The third kappa shape index (κ3) is 1.87.